The SMILES string of the molecule is CCCC/C=C\CCCCCCCC(=O)OCC(COC(=O)CCCCCCCCCCCCCCCCCCCCC/C=C\CCCCCCCCCC)OC(=O)CCCCCCCCCCCCC/C=C\CCCCCCCCCC. The van der Waals surface area contributed by atoms with Crippen molar-refractivity contribution in [3.63, 3.8) is 0 Å². The van der Waals surface area contributed by atoms with Crippen molar-refractivity contribution < 1.29 is 28.6 Å². The lowest BCUT2D eigenvalue weighted by Gasteiger charge is -2.18. The third kappa shape index (κ3) is 70.3. The van der Waals surface area contributed by atoms with Crippen molar-refractivity contribution in [2.45, 2.75) is 425 Å². The van der Waals surface area contributed by atoms with E-state index in [4.69, 9.17) is 14.2 Å². The maximum atomic E-state index is 12.9. The summed E-state index contributed by atoms with van der Waals surface area (Å²) in [6.45, 7) is 6.67. The zero-order chi connectivity index (χ0) is 59.9. The van der Waals surface area contributed by atoms with Crippen molar-refractivity contribution in [2.75, 3.05) is 13.2 Å². The number of rotatable bonds is 70. The summed E-state index contributed by atoms with van der Waals surface area (Å²) >= 11 is 0. The van der Waals surface area contributed by atoms with E-state index in [1.807, 2.05) is 0 Å². The summed E-state index contributed by atoms with van der Waals surface area (Å²) in [5.41, 5.74) is 0. The van der Waals surface area contributed by atoms with E-state index in [-0.39, 0.29) is 31.1 Å². The van der Waals surface area contributed by atoms with Crippen LogP contribution >= 0.6 is 0 Å². The van der Waals surface area contributed by atoms with Gasteiger partial charge in [-0.2, -0.15) is 0 Å². The number of ether oxygens (including phenoxy) is 3. The van der Waals surface area contributed by atoms with Crippen LogP contribution in [0.1, 0.15) is 419 Å². The van der Waals surface area contributed by atoms with Gasteiger partial charge in [-0.25, -0.2) is 0 Å². The second-order valence-corrected chi connectivity index (χ2v) is 25.6. The van der Waals surface area contributed by atoms with Crippen LogP contribution in [0.4, 0.5) is 0 Å². The molecule has 0 aliphatic carbocycles. The molecule has 0 aromatic rings. The summed E-state index contributed by atoms with van der Waals surface area (Å²) in [6, 6.07) is 0. The largest absolute Gasteiger partial charge is 0.462 e. The van der Waals surface area contributed by atoms with Crippen molar-refractivity contribution in [3.8, 4) is 0 Å². The Bertz CT molecular complexity index is 1380. The van der Waals surface area contributed by atoms with Crippen molar-refractivity contribution in [3.05, 3.63) is 36.5 Å². The summed E-state index contributed by atoms with van der Waals surface area (Å²) in [4.78, 5) is 38.4. The first-order valence-corrected chi connectivity index (χ1v) is 37.5. The van der Waals surface area contributed by atoms with E-state index in [0.29, 0.717) is 19.3 Å². The number of unbranched alkanes of at least 4 members (excludes halogenated alkanes) is 53. The summed E-state index contributed by atoms with van der Waals surface area (Å²) in [6.07, 6.45) is 90.6. The highest BCUT2D eigenvalue weighted by Crippen LogP contribution is 2.19. The molecule has 0 N–H and O–H groups in total. The van der Waals surface area contributed by atoms with E-state index in [0.717, 1.165) is 64.2 Å². The van der Waals surface area contributed by atoms with Crippen LogP contribution in [0.15, 0.2) is 36.5 Å². The highest BCUT2D eigenvalue weighted by Gasteiger charge is 2.20. The second kappa shape index (κ2) is 72.1. The lowest BCUT2D eigenvalue weighted by Crippen LogP contribution is -2.30. The van der Waals surface area contributed by atoms with Gasteiger partial charge in [0.15, 0.2) is 6.10 Å². The van der Waals surface area contributed by atoms with E-state index in [9.17, 15) is 14.4 Å². The molecule has 0 saturated carbocycles. The molecule has 1 atom stereocenters. The minimum Gasteiger partial charge on any atom is -0.462 e. The fourth-order valence-corrected chi connectivity index (χ4v) is 11.4. The Balaban J connectivity index is 4.11. The Morgan fingerprint density at radius 1 is 0.229 bits per heavy atom. The molecule has 0 heterocycles. The van der Waals surface area contributed by atoms with E-state index in [2.05, 4.69) is 57.2 Å². The quantitative estimate of drug-likeness (QED) is 0.0261. The second-order valence-electron chi connectivity index (χ2n) is 25.6. The standard InChI is InChI=1S/C77H144O6/c1-4-7-10-13-16-19-22-24-26-28-30-32-34-35-36-37-38-39-40-41-43-44-46-48-50-52-55-58-61-64-67-70-76(79)82-73-74(72-81-75(78)69-66-63-60-57-54-21-18-15-12-9-6-3)83-77(80)71-68-65-62-59-56-53-51-49-47-45-42-33-31-29-27-25-23-20-17-14-11-8-5-2/h15,18,28-31,74H,4-14,16-17,19-27,32-73H2,1-3H3/b18-15-,30-28-,31-29-. The maximum absolute atomic E-state index is 12.9. The Morgan fingerprint density at radius 3 is 0.639 bits per heavy atom. The van der Waals surface area contributed by atoms with Gasteiger partial charge in [-0.3, -0.25) is 14.4 Å². The predicted octanol–water partition coefficient (Wildman–Crippen LogP) is 25.9. The summed E-state index contributed by atoms with van der Waals surface area (Å²) in [5, 5.41) is 0. The Kier molecular flexibility index (Phi) is 70.0. The molecule has 1 unspecified atom stereocenters. The third-order valence-corrected chi connectivity index (χ3v) is 17.1. The molecule has 83 heavy (non-hydrogen) atoms. The number of hydrogen-bond acceptors (Lipinski definition) is 6. The van der Waals surface area contributed by atoms with Crippen molar-refractivity contribution in [2.24, 2.45) is 0 Å². The monoisotopic (exact) mass is 1170 g/mol. The minimum atomic E-state index is -0.774. The summed E-state index contributed by atoms with van der Waals surface area (Å²) in [5.74, 6) is -0.853. The molecule has 0 aromatic heterocycles. The zero-order valence-electron chi connectivity index (χ0n) is 56.2. The van der Waals surface area contributed by atoms with Gasteiger partial charge in [0.05, 0.1) is 0 Å². The normalized spacial score (nSPS) is 12.2. The Labute approximate surface area is 518 Å². The van der Waals surface area contributed by atoms with E-state index >= 15 is 0 Å². The Hall–Kier alpha value is -2.37. The van der Waals surface area contributed by atoms with Gasteiger partial charge in [0, 0.05) is 19.3 Å². The molecule has 0 bridgehead atoms. The first-order chi connectivity index (χ1) is 41.0. The topological polar surface area (TPSA) is 78.9 Å². The number of carbonyl (C=O) groups is 3. The fourth-order valence-electron chi connectivity index (χ4n) is 11.4. The van der Waals surface area contributed by atoms with Crippen molar-refractivity contribution >= 4 is 17.9 Å². The fraction of sp³-hybridized carbons (Fsp3) is 0.883. The van der Waals surface area contributed by atoms with Gasteiger partial charge in [0.25, 0.3) is 0 Å². The molecular weight excluding hydrogens is 1020 g/mol. The molecule has 0 fully saturated rings. The van der Waals surface area contributed by atoms with Crippen LogP contribution in [0.2, 0.25) is 0 Å². The maximum Gasteiger partial charge on any atom is 0.306 e. The molecule has 6 heteroatoms. The average molecular weight is 1170 g/mol. The lowest BCUT2D eigenvalue weighted by molar-refractivity contribution is -0.167. The summed E-state index contributed by atoms with van der Waals surface area (Å²) < 4.78 is 17.0. The number of allylic oxidation sites excluding steroid dienone is 6. The van der Waals surface area contributed by atoms with Gasteiger partial charge in [-0.1, -0.05) is 346 Å². The van der Waals surface area contributed by atoms with Gasteiger partial charge in [-0.15, -0.1) is 0 Å². The van der Waals surface area contributed by atoms with Crippen molar-refractivity contribution in [1.82, 2.24) is 0 Å². The first-order valence-electron chi connectivity index (χ1n) is 37.5. The molecule has 0 radical (unpaired) electrons. The van der Waals surface area contributed by atoms with Crippen LogP contribution in [0.5, 0.6) is 0 Å². The molecule has 0 aliphatic rings. The van der Waals surface area contributed by atoms with Gasteiger partial charge < -0.3 is 14.2 Å². The summed E-state index contributed by atoms with van der Waals surface area (Å²) in [7, 11) is 0. The van der Waals surface area contributed by atoms with Crippen LogP contribution in [0.3, 0.4) is 0 Å². The number of carbonyl (C=O) groups excluding carboxylic acids is 3. The van der Waals surface area contributed by atoms with Crippen LogP contribution < -0.4 is 0 Å². The van der Waals surface area contributed by atoms with E-state index < -0.39 is 6.10 Å². The highest BCUT2D eigenvalue weighted by molar-refractivity contribution is 5.71. The molecule has 6 nitrogen and oxygen atoms in total. The molecule has 0 aromatic carbocycles. The average Bonchev–Trinajstić information content (AvgIpc) is 3.48. The molecule has 0 saturated heterocycles. The number of esters is 3. The van der Waals surface area contributed by atoms with Crippen LogP contribution in [0, 0.1) is 0 Å². The van der Waals surface area contributed by atoms with Crippen LogP contribution in [-0.2, 0) is 28.6 Å². The van der Waals surface area contributed by atoms with E-state index in [1.165, 1.54) is 315 Å². The molecule has 488 valence electrons. The molecule has 0 amide bonds. The first kappa shape index (κ1) is 80.6. The molecule has 0 aliphatic heterocycles. The number of hydrogen-bond donors (Lipinski definition) is 0. The lowest BCUT2D eigenvalue weighted by atomic mass is 10.0. The third-order valence-electron chi connectivity index (χ3n) is 17.1. The Morgan fingerprint density at radius 2 is 0.410 bits per heavy atom. The van der Waals surface area contributed by atoms with Gasteiger partial charge in [0.2, 0.25) is 0 Å². The van der Waals surface area contributed by atoms with Crippen LogP contribution in [-0.4, -0.2) is 37.2 Å². The smallest absolute Gasteiger partial charge is 0.306 e. The minimum absolute atomic E-state index is 0.0702. The zero-order valence-corrected chi connectivity index (χ0v) is 56.2. The predicted molar refractivity (Wildman–Crippen MR) is 362 cm³/mol. The van der Waals surface area contributed by atoms with Gasteiger partial charge >= 0.3 is 17.9 Å². The molecule has 0 spiro atoms. The highest BCUT2D eigenvalue weighted by atomic mass is 16.6. The molecule has 0 rings (SSSR count). The van der Waals surface area contributed by atoms with E-state index in [1.54, 1.807) is 0 Å². The molecular formula is C77H144O6. The van der Waals surface area contributed by atoms with Crippen LogP contribution in [0.25, 0.3) is 0 Å². The van der Waals surface area contributed by atoms with Crippen molar-refractivity contribution in [1.29, 1.82) is 0 Å². The van der Waals surface area contributed by atoms with Gasteiger partial charge in [-0.05, 0) is 89.9 Å². The van der Waals surface area contributed by atoms with Gasteiger partial charge in [0.1, 0.15) is 13.2 Å².